The van der Waals surface area contributed by atoms with Crippen LogP contribution in [-0.2, 0) is 0 Å². The fourth-order valence-electron chi connectivity index (χ4n) is 2.19. The number of nitriles is 1. The molecule has 4 nitrogen and oxygen atoms in total. The van der Waals surface area contributed by atoms with Crippen LogP contribution in [0.5, 0.6) is 5.75 Å². The summed E-state index contributed by atoms with van der Waals surface area (Å²) in [6.45, 7) is 0.543. The third-order valence-electron chi connectivity index (χ3n) is 3.51. The van der Waals surface area contributed by atoms with Crippen LogP contribution in [0.25, 0.3) is 0 Å². The van der Waals surface area contributed by atoms with Gasteiger partial charge in [0.15, 0.2) is 0 Å². The third-order valence-corrected chi connectivity index (χ3v) is 3.51. The smallest absolute Gasteiger partial charge is 0.124 e. The zero-order valence-electron chi connectivity index (χ0n) is 10.9. The van der Waals surface area contributed by atoms with Crippen molar-refractivity contribution in [3.63, 3.8) is 0 Å². The minimum Gasteiger partial charge on any atom is -0.497 e. The highest BCUT2D eigenvalue weighted by atomic mass is 16.5. The first-order chi connectivity index (χ1) is 8.59. The number of benzene rings is 1. The Morgan fingerprint density at radius 3 is 2.83 bits per heavy atom. The summed E-state index contributed by atoms with van der Waals surface area (Å²) in [5.41, 5.74) is 6.45. The van der Waals surface area contributed by atoms with Crippen LogP contribution in [0.4, 0.5) is 5.69 Å². The first-order valence-electron chi connectivity index (χ1n) is 6.14. The highest BCUT2D eigenvalue weighted by molar-refractivity contribution is 5.51. The Morgan fingerprint density at radius 1 is 1.56 bits per heavy atom. The maximum atomic E-state index is 9.27. The molecule has 0 spiro atoms. The van der Waals surface area contributed by atoms with Gasteiger partial charge < -0.3 is 15.4 Å². The molecular formula is C14H19N3O. The van der Waals surface area contributed by atoms with Crippen molar-refractivity contribution in [1.82, 2.24) is 0 Å². The summed E-state index contributed by atoms with van der Waals surface area (Å²) < 4.78 is 5.20. The van der Waals surface area contributed by atoms with E-state index in [1.54, 1.807) is 7.11 Å². The van der Waals surface area contributed by atoms with Crippen LogP contribution in [0.2, 0.25) is 0 Å². The number of hydrogen-bond acceptors (Lipinski definition) is 4. The van der Waals surface area contributed by atoms with E-state index >= 15 is 0 Å². The predicted molar refractivity (Wildman–Crippen MR) is 71.5 cm³/mol. The first-order valence-corrected chi connectivity index (χ1v) is 6.14. The van der Waals surface area contributed by atoms with Gasteiger partial charge in [0.05, 0.1) is 13.2 Å². The van der Waals surface area contributed by atoms with Gasteiger partial charge in [-0.15, -0.1) is 0 Å². The molecule has 2 rings (SSSR count). The monoisotopic (exact) mass is 245 g/mol. The zero-order valence-corrected chi connectivity index (χ0v) is 10.9. The van der Waals surface area contributed by atoms with Gasteiger partial charge in [-0.1, -0.05) is 6.07 Å². The number of anilines is 1. The lowest BCUT2D eigenvalue weighted by molar-refractivity contribution is 0.414. The molecule has 0 bridgehead atoms. The fourth-order valence-corrected chi connectivity index (χ4v) is 2.19. The number of likely N-dealkylation sites (N-methyl/N-ethyl adjacent to an activating group) is 1. The standard InChI is InChI=1S/C14H19N3O/c1-17(10-14(16,9-15)11-6-7-11)12-4-3-5-13(8-12)18-2/h3-5,8,11H,6-7,10,16H2,1-2H3. The average molecular weight is 245 g/mol. The second-order valence-corrected chi connectivity index (χ2v) is 4.98. The topological polar surface area (TPSA) is 62.3 Å². The van der Waals surface area contributed by atoms with E-state index in [9.17, 15) is 5.26 Å². The number of rotatable bonds is 5. The molecule has 0 heterocycles. The minimum atomic E-state index is -0.738. The van der Waals surface area contributed by atoms with Gasteiger partial charge in [-0.3, -0.25) is 0 Å². The van der Waals surface area contributed by atoms with E-state index in [1.807, 2.05) is 36.2 Å². The maximum absolute atomic E-state index is 9.27. The minimum absolute atomic E-state index is 0.343. The third kappa shape index (κ3) is 2.57. The van der Waals surface area contributed by atoms with Crippen LogP contribution in [-0.4, -0.2) is 26.2 Å². The van der Waals surface area contributed by atoms with E-state index in [4.69, 9.17) is 10.5 Å². The summed E-state index contributed by atoms with van der Waals surface area (Å²) in [7, 11) is 3.60. The lowest BCUT2D eigenvalue weighted by Gasteiger charge is -2.29. The van der Waals surface area contributed by atoms with Crippen LogP contribution in [0.1, 0.15) is 12.8 Å². The van der Waals surface area contributed by atoms with Crippen LogP contribution in [0.15, 0.2) is 24.3 Å². The molecule has 1 unspecified atom stereocenters. The van der Waals surface area contributed by atoms with Crippen LogP contribution >= 0.6 is 0 Å². The maximum Gasteiger partial charge on any atom is 0.124 e. The van der Waals surface area contributed by atoms with Crippen molar-refractivity contribution in [2.45, 2.75) is 18.4 Å². The molecule has 1 saturated carbocycles. The largest absolute Gasteiger partial charge is 0.497 e. The summed E-state index contributed by atoms with van der Waals surface area (Å²) in [6, 6.07) is 10.1. The van der Waals surface area contributed by atoms with Crippen LogP contribution in [0, 0.1) is 17.2 Å². The van der Waals surface area contributed by atoms with Crippen molar-refractivity contribution < 1.29 is 4.74 Å². The Kier molecular flexibility index (Phi) is 3.44. The Labute approximate surface area is 108 Å². The number of nitrogens with zero attached hydrogens (tertiary/aromatic N) is 2. The molecule has 2 N–H and O–H groups in total. The lowest BCUT2D eigenvalue weighted by Crippen LogP contribution is -2.50. The molecule has 1 aromatic carbocycles. The molecule has 1 aliphatic carbocycles. The van der Waals surface area contributed by atoms with Gasteiger partial charge in [0.1, 0.15) is 11.3 Å². The van der Waals surface area contributed by atoms with E-state index in [2.05, 4.69) is 6.07 Å². The summed E-state index contributed by atoms with van der Waals surface area (Å²) in [5, 5.41) is 9.27. The average Bonchev–Trinajstić information content (AvgIpc) is 3.23. The molecule has 1 aromatic rings. The summed E-state index contributed by atoms with van der Waals surface area (Å²) in [6.07, 6.45) is 2.13. The highest BCUT2D eigenvalue weighted by Crippen LogP contribution is 2.38. The molecule has 1 atom stereocenters. The van der Waals surface area contributed by atoms with Crippen molar-refractivity contribution >= 4 is 5.69 Å². The molecule has 0 radical (unpaired) electrons. The molecule has 1 fully saturated rings. The van der Waals surface area contributed by atoms with Crippen molar-refractivity contribution in [1.29, 1.82) is 5.26 Å². The molecule has 96 valence electrons. The zero-order chi connectivity index (χ0) is 13.2. The second kappa shape index (κ2) is 4.87. The number of hydrogen-bond donors (Lipinski definition) is 1. The molecule has 0 saturated heterocycles. The Bertz CT molecular complexity index is 464. The normalized spacial score (nSPS) is 17.7. The van der Waals surface area contributed by atoms with Crippen LogP contribution < -0.4 is 15.4 Å². The van der Waals surface area contributed by atoms with Gasteiger partial charge in [0.25, 0.3) is 0 Å². The summed E-state index contributed by atoms with van der Waals surface area (Å²) >= 11 is 0. The van der Waals surface area contributed by atoms with Gasteiger partial charge in [-0.05, 0) is 30.9 Å². The van der Waals surface area contributed by atoms with E-state index in [-0.39, 0.29) is 0 Å². The lowest BCUT2D eigenvalue weighted by atomic mass is 9.96. The van der Waals surface area contributed by atoms with Gasteiger partial charge in [-0.2, -0.15) is 5.26 Å². The predicted octanol–water partition coefficient (Wildman–Crippen LogP) is 1.76. The number of methoxy groups -OCH3 is 1. The first kappa shape index (κ1) is 12.7. The Morgan fingerprint density at radius 2 is 2.28 bits per heavy atom. The van der Waals surface area contributed by atoms with Crippen molar-refractivity contribution in [2.75, 3.05) is 25.6 Å². The van der Waals surface area contributed by atoms with E-state index < -0.39 is 5.54 Å². The Balaban J connectivity index is 2.11. The molecular weight excluding hydrogens is 226 g/mol. The summed E-state index contributed by atoms with van der Waals surface area (Å²) in [5.74, 6) is 1.15. The van der Waals surface area contributed by atoms with Crippen molar-refractivity contribution in [2.24, 2.45) is 11.7 Å². The van der Waals surface area contributed by atoms with Crippen molar-refractivity contribution in [3.8, 4) is 11.8 Å². The van der Waals surface area contributed by atoms with Gasteiger partial charge in [0, 0.05) is 25.3 Å². The Hall–Kier alpha value is -1.73. The highest BCUT2D eigenvalue weighted by Gasteiger charge is 2.43. The number of nitrogens with two attached hydrogens (primary N) is 1. The quantitative estimate of drug-likeness (QED) is 0.858. The molecule has 18 heavy (non-hydrogen) atoms. The fraction of sp³-hybridized carbons (Fsp3) is 0.500. The molecule has 4 heteroatoms. The second-order valence-electron chi connectivity index (χ2n) is 4.98. The van der Waals surface area contributed by atoms with Crippen molar-refractivity contribution in [3.05, 3.63) is 24.3 Å². The van der Waals surface area contributed by atoms with E-state index in [0.717, 1.165) is 24.3 Å². The molecule has 0 aromatic heterocycles. The van der Waals surface area contributed by atoms with E-state index in [0.29, 0.717) is 12.5 Å². The van der Waals surface area contributed by atoms with Gasteiger partial charge in [-0.25, -0.2) is 0 Å². The SMILES string of the molecule is COc1cccc(N(C)CC(N)(C#N)C2CC2)c1. The number of ether oxygens (including phenoxy) is 1. The van der Waals surface area contributed by atoms with Gasteiger partial charge in [0.2, 0.25) is 0 Å². The molecule has 0 aliphatic heterocycles. The summed E-state index contributed by atoms with van der Waals surface area (Å²) in [4.78, 5) is 2.02. The van der Waals surface area contributed by atoms with E-state index in [1.165, 1.54) is 0 Å². The molecule has 1 aliphatic rings. The molecule has 0 amide bonds. The van der Waals surface area contributed by atoms with Crippen LogP contribution in [0.3, 0.4) is 0 Å². The van der Waals surface area contributed by atoms with Gasteiger partial charge >= 0.3 is 0 Å².